The zero-order valence-corrected chi connectivity index (χ0v) is 12.9. The predicted octanol–water partition coefficient (Wildman–Crippen LogP) is 4.11. The molecule has 0 spiro atoms. The average Bonchev–Trinajstić information content (AvgIpc) is 2.42. The molecule has 0 N–H and O–H groups in total. The first-order valence-corrected chi connectivity index (χ1v) is 7.19. The minimum Gasteiger partial charge on any atom is -0.268 e. The fraction of sp³-hybridized carbons (Fsp3) is 0.0667. The first-order valence-electron chi connectivity index (χ1n) is 6.02. The standard InChI is InChI=1S/C15H10BrClN2O/c1-9-18-13-7-6-10(16)8-11(13)15(20)19(9)14-5-3-2-4-12(14)17/h2-8H,1H3. The molecule has 0 aliphatic heterocycles. The van der Waals surface area contributed by atoms with Crippen molar-refractivity contribution < 1.29 is 0 Å². The molecule has 0 saturated carbocycles. The van der Waals surface area contributed by atoms with Crippen LogP contribution in [0.5, 0.6) is 0 Å². The largest absolute Gasteiger partial charge is 0.268 e. The number of halogens is 2. The Bertz CT molecular complexity index is 873. The van der Waals surface area contributed by atoms with Crippen LogP contribution in [-0.2, 0) is 0 Å². The highest BCUT2D eigenvalue weighted by Gasteiger charge is 2.12. The zero-order chi connectivity index (χ0) is 14.3. The van der Waals surface area contributed by atoms with Crippen LogP contribution in [0.3, 0.4) is 0 Å². The van der Waals surface area contributed by atoms with Gasteiger partial charge in [0.15, 0.2) is 0 Å². The van der Waals surface area contributed by atoms with E-state index in [1.54, 1.807) is 19.1 Å². The van der Waals surface area contributed by atoms with E-state index in [9.17, 15) is 4.79 Å². The Hall–Kier alpha value is -1.65. The van der Waals surface area contributed by atoms with Crippen LogP contribution in [-0.4, -0.2) is 9.55 Å². The van der Waals surface area contributed by atoms with E-state index >= 15 is 0 Å². The lowest BCUT2D eigenvalue weighted by atomic mass is 10.2. The van der Waals surface area contributed by atoms with Gasteiger partial charge in [0.2, 0.25) is 0 Å². The van der Waals surface area contributed by atoms with E-state index in [2.05, 4.69) is 20.9 Å². The number of fused-ring (bicyclic) bond motifs is 1. The molecule has 1 heterocycles. The number of aryl methyl sites for hydroxylation is 1. The number of benzene rings is 2. The molecule has 0 saturated heterocycles. The van der Waals surface area contributed by atoms with Gasteiger partial charge < -0.3 is 0 Å². The lowest BCUT2D eigenvalue weighted by Gasteiger charge is -2.12. The second-order valence-corrected chi connectivity index (χ2v) is 5.74. The monoisotopic (exact) mass is 348 g/mol. The Morgan fingerprint density at radius 1 is 1.20 bits per heavy atom. The van der Waals surface area contributed by atoms with Crippen molar-refractivity contribution >= 4 is 38.4 Å². The summed E-state index contributed by atoms with van der Waals surface area (Å²) in [5.41, 5.74) is 1.20. The van der Waals surface area contributed by atoms with Crippen LogP contribution in [0.1, 0.15) is 5.82 Å². The van der Waals surface area contributed by atoms with Gasteiger partial charge in [0.1, 0.15) is 5.82 Å². The van der Waals surface area contributed by atoms with E-state index in [0.717, 1.165) is 4.47 Å². The van der Waals surface area contributed by atoms with Crippen molar-refractivity contribution in [3.05, 3.63) is 68.1 Å². The Kier molecular flexibility index (Phi) is 3.36. The quantitative estimate of drug-likeness (QED) is 0.662. The van der Waals surface area contributed by atoms with E-state index in [0.29, 0.717) is 27.4 Å². The summed E-state index contributed by atoms with van der Waals surface area (Å²) in [6.45, 7) is 1.80. The summed E-state index contributed by atoms with van der Waals surface area (Å²) in [4.78, 5) is 17.2. The van der Waals surface area contributed by atoms with Gasteiger partial charge in [-0.15, -0.1) is 0 Å². The van der Waals surface area contributed by atoms with E-state index in [-0.39, 0.29) is 5.56 Å². The first kappa shape index (κ1) is 13.3. The Morgan fingerprint density at radius 3 is 2.70 bits per heavy atom. The van der Waals surface area contributed by atoms with Crippen LogP contribution < -0.4 is 5.56 Å². The van der Waals surface area contributed by atoms with E-state index < -0.39 is 0 Å². The maximum atomic E-state index is 12.7. The van der Waals surface area contributed by atoms with Crippen LogP contribution in [0.4, 0.5) is 0 Å². The fourth-order valence-corrected chi connectivity index (χ4v) is 2.77. The molecule has 3 rings (SSSR count). The molecule has 0 aliphatic carbocycles. The maximum Gasteiger partial charge on any atom is 0.266 e. The van der Waals surface area contributed by atoms with Crippen molar-refractivity contribution in [3.8, 4) is 5.69 Å². The van der Waals surface area contributed by atoms with Crippen LogP contribution in [0.15, 0.2) is 51.7 Å². The number of nitrogens with zero attached hydrogens (tertiary/aromatic N) is 2. The van der Waals surface area contributed by atoms with Crippen molar-refractivity contribution in [3.63, 3.8) is 0 Å². The van der Waals surface area contributed by atoms with Crippen LogP contribution in [0.25, 0.3) is 16.6 Å². The fourth-order valence-electron chi connectivity index (χ4n) is 2.19. The average molecular weight is 350 g/mol. The van der Waals surface area contributed by atoms with Gasteiger partial charge in [-0.05, 0) is 37.3 Å². The van der Waals surface area contributed by atoms with Crippen LogP contribution in [0.2, 0.25) is 5.02 Å². The highest BCUT2D eigenvalue weighted by Crippen LogP contribution is 2.21. The molecule has 0 aliphatic rings. The van der Waals surface area contributed by atoms with Gasteiger partial charge >= 0.3 is 0 Å². The molecule has 2 aromatic carbocycles. The molecule has 0 atom stereocenters. The molecule has 3 nitrogen and oxygen atoms in total. The number of hydrogen-bond acceptors (Lipinski definition) is 2. The molecule has 0 radical (unpaired) electrons. The van der Waals surface area contributed by atoms with E-state index in [1.165, 1.54) is 4.57 Å². The molecule has 5 heteroatoms. The lowest BCUT2D eigenvalue weighted by molar-refractivity contribution is 0.895. The molecular weight excluding hydrogens is 340 g/mol. The minimum absolute atomic E-state index is 0.123. The SMILES string of the molecule is Cc1nc2ccc(Br)cc2c(=O)n1-c1ccccc1Cl. The maximum absolute atomic E-state index is 12.7. The lowest BCUT2D eigenvalue weighted by Crippen LogP contribution is -2.22. The van der Waals surface area contributed by atoms with Gasteiger partial charge in [0.05, 0.1) is 21.6 Å². The van der Waals surface area contributed by atoms with E-state index in [1.807, 2.05) is 30.3 Å². The Labute approximate surface area is 129 Å². The molecule has 0 unspecified atom stereocenters. The molecular formula is C15H10BrClN2O. The van der Waals surface area contributed by atoms with Gasteiger partial charge in [0, 0.05) is 4.47 Å². The number of rotatable bonds is 1. The summed E-state index contributed by atoms with van der Waals surface area (Å²) < 4.78 is 2.38. The minimum atomic E-state index is -0.123. The summed E-state index contributed by atoms with van der Waals surface area (Å²) in [7, 11) is 0. The third-order valence-electron chi connectivity index (χ3n) is 3.09. The van der Waals surface area contributed by atoms with Crippen LogP contribution in [0, 0.1) is 6.92 Å². The molecule has 0 amide bonds. The second kappa shape index (κ2) is 5.04. The van der Waals surface area contributed by atoms with Gasteiger partial charge in [-0.3, -0.25) is 9.36 Å². The summed E-state index contributed by atoms with van der Waals surface area (Å²) in [5.74, 6) is 0.609. The van der Waals surface area contributed by atoms with Crippen molar-refractivity contribution in [1.29, 1.82) is 0 Å². The van der Waals surface area contributed by atoms with Gasteiger partial charge in [0.25, 0.3) is 5.56 Å². The molecule has 20 heavy (non-hydrogen) atoms. The predicted molar refractivity (Wildman–Crippen MR) is 84.8 cm³/mol. The van der Waals surface area contributed by atoms with Gasteiger partial charge in [-0.2, -0.15) is 0 Å². The number of hydrogen-bond donors (Lipinski definition) is 0. The Morgan fingerprint density at radius 2 is 1.95 bits per heavy atom. The summed E-state index contributed by atoms with van der Waals surface area (Å²) in [6.07, 6.45) is 0. The van der Waals surface area contributed by atoms with Crippen molar-refractivity contribution in [2.45, 2.75) is 6.92 Å². The van der Waals surface area contributed by atoms with E-state index in [4.69, 9.17) is 11.6 Å². The Balaban J connectivity index is 2.43. The van der Waals surface area contributed by atoms with Crippen molar-refractivity contribution in [1.82, 2.24) is 9.55 Å². The molecule has 0 bridgehead atoms. The molecule has 0 fully saturated rings. The van der Waals surface area contributed by atoms with Gasteiger partial charge in [-0.25, -0.2) is 4.98 Å². The molecule has 3 aromatic rings. The summed E-state index contributed by atoms with van der Waals surface area (Å²) >= 11 is 9.57. The smallest absolute Gasteiger partial charge is 0.266 e. The molecule has 100 valence electrons. The third-order valence-corrected chi connectivity index (χ3v) is 3.90. The highest BCUT2D eigenvalue weighted by molar-refractivity contribution is 9.10. The second-order valence-electron chi connectivity index (χ2n) is 4.41. The summed E-state index contributed by atoms with van der Waals surface area (Å²) in [6, 6.07) is 12.7. The highest BCUT2D eigenvalue weighted by atomic mass is 79.9. The molecule has 1 aromatic heterocycles. The zero-order valence-electron chi connectivity index (χ0n) is 10.6. The normalized spacial score (nSPS) is 10.9. The number of para-hydroxylation sites is 1. The summed E-state index contributed by atoms with van der Waals surface area (Å²) in [5, 5.41) is 1.08. The topological polar surface area (TPSA) is 34.9 Å². The van der Waals surface area contributed by atoms with Gasteiger partial charge in [-0.1, -0.05) is 39.7 Å². The third kappa shape index (κ3) is 2.15. The van der Waals surface area contributed by atoms with Crippen LogP contribution >= 0.6 is 27.5 Å². The first-order chi connectivity index (χ1) is 9.58. The van der Waals surface area contributed by atoms with Crippen molar-refractivity contribution in [2.24, 2.45) is 0 Å². The van der Waals surface area contributed by atoms with Crippen molar-refractivity contribution in [2.75, 3.05) is 0 Å². The number of aromatic nitrogens is 2.